The summed E-state index contributed by atoms with van der Waals surface area (Å²) in [5.41, 5.74) is 1.50. The molecule has 2 aromatic carbocycles. The third-order valence-electron chi connectivity index (χ3n) is 4.64. The molecule has 0 radical (unpaired) electrons. The minimum atomic E-state index is -0.926. The van der Waals surface area contributed by atoms with Crippen LogP contribution in [0.3, 0.4) is 0 Å². The van der Waals surface area contributed by atoms with Crippen LogP contribution in [0, 0.1) is 5.92 Å². The second-order valence-corrected chi connectivity index (χ2v) is 6.73. The molecule has 0 spiro atoms. The van der Waals surface area contributed by atoms with Crippen molar-refractivity contribution in [1.29, 1.82) is 0 Å². The van der Waals surface area contributed by atoms with Gasteiger partial charge in [0.1, 0.15) is 11.5 Å². The number of aliphatic hydroxyl groups excluding tert-OH is 1. The molecule has 2 aromatic rings. The number of phenolic OH excluding ortho intramolecular Hbond substituents is 2. The van der Waals surface area contributed by atoms with Crippen molar-refractivity contribution < 1.29 is 25.2 Å². The number of rotatable bonds is 11. The van der Waals surface area contributed by atoms with Crippen LogP contribution < -0.4 is 0 Å². The van der Waals surface area contributed by atoms with E-state index in [0.29, 0.717) is 37.9 Å². The van der Waals surface area contributed by atoms with Crippen LogP contribution in [-0.2, 0) is 17.8 Å². The fraction of sp³-hybridized carbons (Fsp3) is 0.381. The Morgan fingerprint density at radius 3 is 2.07 bits per heavy atom. The predicted molar refractivity (Wildman–Crippen MR) is 103 cm³/mol. The maximum atomic E-state index is 11.2. The van der Waals surface area contributed by atoms with Gasteiger partial charge in [-0.2, -0.15) is 0 Å². The Morgan fingerprint density at radius 1 is 0.926 bits per heavy atom. The van der Waals surface area contributed by atoms with E-state index in [9.17, 15) is 25.2 Å². The van der Waals surface area contributed by atoms with Crippen molar-refractivity contribution in [3.63, 3.8) is 0 Å². The Morgan fingerprint density at radius 2 is 1.52 bits per heavy atom. The predicted octanol–water partition coefficient (Wildman–Crippen LogP) is 2.62. The number of carboxylic acid groups (broad SMARTS) is 1. The standard InChI is InChI=1S/C21H27NO5/c23-12-10-16(13-17-5-1-3-7-19(17)24)9-11-22(15-21(26)27)14-18-6-2-4-8-20(18)25/h1-8,16,23-25H,9-15H2,(H,26,27). The van der Waals surface area contributed by atoms with Gasteiger partial charge >= 0.3 is 5.97 Å². The van der Waals surface area contributed by atoms with Gasteiger partial charge in [-0.05, 0) is 49.4 Å². The molecule has 27 heavy (non-hydrogen) atoms. The smallest absolute Gasteiger partial charge is 0.317 e. The molecule has 0 aliphatic rings. The lowest BCUT2D eigenvalue weighted by Gasteiger charge is -2.24. The summed E-state index contributed by atoms with van der Waals surface area (Å²) in [5, 5.41) is 38.5. The van der Waals surface area contributed by atoms with E-state index in [0.717, 1.165) is 5.56 Å². The lowest BCUT2D eigenvalue weighted by molar-refractivity contribution is -0.138. The van der Waals surface area contributed by atoms with Gasteiger partial charge in [-0.15, -0.1) is 0 Å². The first-order valence-electron chi connectivity index (χ1n) is 9.08. The van der Waals surface area contributed by atoms with Crippen LogP contribution in [-0.4, -0.2) is 51.0 Å². The zero-order valence-corrected chi connectivity index (χ0v) is 15.3. The van der Waals surface area contributed by atoms with E-state index >= 15 is 0 Å². The highest BCUT2D eigenvalue weighted by Gasteiger charge is 2.17. The van der Waals surface area contributed by atoms with E-state index in [1.807, 2.05) is 12.1 Å². The Bertz CT molecular complexity index is 734. The molecule has 0 aliphatic heterocycles. The van der Waals surface area contributed by atoms with Crippen LogP contribution in [0.25, 0.3) is 0 Å². The lowest BCUT2D eigenvalue weighted by Crippen LogP contribution is -2.31. The number of nitrogens with zero attached hydrogens (tertiary/aromatic N) is 1. The molecule has 4 N–H and O–H groups in total. The Kier molecular flexibility index (Phi) is 8.10. The molecular formula is C21H27NO5. The summed E-state index contributed by atoms with van der Waals surface area (Å²) < 4.78 is 0. The number of para-hydroxylation sites is 2. The molecule has 146 valence electrons. The molecule has 0 bridgehead atoms. The molecule has 0 amide bonds. The molecule has 6 nitrogen and oxygen atoms in total. The van der Waals surface area contributed by atoms with Gasteiger partial charge in [0, 0.05) is 18.7 Å². The van der Waals surface area contributed by atoms with Crippen molar-refractivity contribution in [2.75, 3.05) is 19.7 Å². The van der Waals surface area contributed by atoms with Crippen LogP contribution in [0.4, 0.5) is 0 Å². The van der Waals surface area contributed by atoms with Crippen LogP contribution in [0.2, 0.25) is 0 Å². The van der Waals surface area contributed by atoms with Gasteiger partial charge in [0.25, 0.3) is 0 Å². The van der Waals surface area contributed by atoms with Crippen molar-refractivity contribution in [2.45, 2.75) is 25.8 Å². The number of hydrogen-bond donors (Lipinski definition) is 4. The minimum Gasteiger partial charge on any atom is -0.508 e. The largest absolute Gasteiger partial charge is 0.508 e. The molecule has 0 saturated carbocycles. The summed E-state index contributed by atoms with van der Waals surface area (Å²) in [7, 11) is 0. The van der Waals surface area contributed by atoms with E-state index in [1.54, 1.807) is 41.3 Å². The van der Waals surface area contributed by atoms with E-state index < -0.39 is 5.97 Å². The molecule has 1 unspecified atom stereocenters. The fourth-order valence-corrected chi connectivity index (χ4v) is 3.18. The van der Waals surface area contributed by atoms with Gasteiger partial charge in [0.05, 0.1) is 6.54 Å². The SMILES string of the molecule is O=C(O)CN(CCC(CCO)Cc1ccccc1O)Cc1ccccc1O. The van der Waals surface area contributed by atoms with Gasteiger partial charge < -0.3 is 20.4 Å². The van der Waals surface area contributed by atoms with Gasteiger partial charge in [0.2, 0.25) is 0 Å². The second-order valence-electron chi connectivity index (χ2n) is 6.73. The molecule has 0 aliphatic carbocycles. The maximum absolute atomic E-state index is 11.2. The van der Waals surface area contributed by atoms with Crippen molar-refractivity contribution in [1.82, 2.24) is 4.90 Å². The van der Waals surface area contributed by atoms with Gasteiger partial charge in [-0.25, -0.2) is 0 Å². The molecule has 0 saturated heterocycles. The molecule has 0 fully saturated rings. The molecule has 0 aromatic heterocycles. The Hall–Kier alpha value is -2.57. The number of hydrogen-bond acceptors (Lipinski definition) is 5. The summed E-state index contributed by atoms with van der Waals surface area (Å²) in [4.78, 5) is 13.0. The van der Waals surface area contributed by atoms with Crippen molar-refractivity contribution in [2.24, 2.45) is 5.92 Å². The lowest BCUT2D eigenvalue weighted by atomic mass is 9.92. The molecule has 1 atom stereocenters. The monoisotopic (exact) mass is 373 g/mol. The van der Waals surface area contributed by atoms with Gasteiger partial charge in [-0.1, -0.05) is 36.4 Å². The number of carboxylic acids is 1. The summed E-state index contributed by atoms with van der Waals surface area (Å²) in [6, 6.07) is 14.0. The summed E-state index contributed by atoms with van der Waals surface area (Å²) in [5.74, 6) is -0.431. The second kappa shape index (κ2) is 10.5. The van der Waals surface area contributed by atoms with Gasteiger partial charge in [-0.3, -0.25) is 9.69 Å². The first-order valence-corrected chi connectivity index (χ1v) is 9.08. The van der Waals surface area contributed by atoms with Crippen LogP contribution >= 0.6 is 0 Å². The number of phenols is 2. The average molecular weight is 373 g/mol. The third-order valence-corrected chi connectivity index (χ3v) is 4.64. The van der Waals surface area contributed by atoms with Crippen molar-refractivity contribution >= 4 is 5.97 Å². The van der Waals surface area contributed by atoms with E-state index in [2.05, 4.69) is 0 Å². The number of aliphatic hydroxyl groups is 1. The van der Waals surface area contributed by atoms with Gasteiger partial charge in [0.15, 0.2) is 0 Å². The van der Waals surface area contributed by atoms with E-state index in [-0.39, 0.29) is 30.6 Å². The summed E-state index contributed by atoms with van der Waals surface area (Å²) in [6.45, 7) is 0.758. The molecule has 0 heterocycles. The first-order chi connectivity index (χ1) is 13.0. The Balaban J connectivity index is 2.02. The molecule has 6 heteroatoms. The van der Waals surface area contributed by atoms with Crippen LogP contribution in [0.1, 0.15) is 24.0 Å². The molecular weight excluding hydrogens is 346 g/mol. The quantitative estimate of drug-likeness (QED) is 0.483. The highest BCUT2D eigenvalue weighted by Crippen LogP contribution is 2.24. The number of aliphatic carboxylic acids is 1. The third kappa shape index (κ3) is 6.92. The number of aromatic hydroxyl groups is 2. The van der Waals surface area contributed by atoms with Crippen LogP contribution in [0.5, 0.6) is 11.5 Å². The average Bonchev–Trinajstić information content (AvgIpc) is 2.63. The number of carbonyl (C=O) groups is 1. The van der Waals surface area contributed by atoms with E-state index in [1.165, 1.54) is 0 Å². The summed E-state index contributed by atoms with van der Waals surface area (Å²) >= 11 is 0. The number of benzene rings is 2. The molecule has 2 rings (SSSR count). The normalized spacial score (nSPS) is 12.2. The van der Waals surface area contributed by atoms with E-state index in [4.69, 9.17) is 0 Å². The summed E-state index contributed by atoms with van der Waals surface area (Å²) in [6.07, 6.45) is 1.87. The maximum Gasteiger partial charge on any atom is 0.317 e. The zero-order chi connectivity index (χ0) is 19.6. The topological polar surface area (TPSA) is 101 Å². The fourth-order valence-electron chi connectivity index (χ4n) is 3.18. The van der Waals surface area contributed by atoms with Crippen molar-refractivity contribution in [3.05, 3.63) is 59.7 Å². The zero-order valence-electron chi connectivity index (χ0n) is 15.3. The minimum absolute atomic E-state index is 0.0384. The highest BCUT2D eigenvalue weighted by atomic mass is 16.4. The van der Waals surface area contributed by atoms with Crippen LogP contribution in [0.15, 0.2) is 48.5 Å². The first kappa shape index (κ1) is 20.7. The van der Waals surface area contributed by atoms with Crippen molar-refractivity contribution in [3.8, 4) is 11.5 Å². The highest BCUT2D eigenvalue weighted by molar-refractivity contribution is 5.69. The Labute approximate surface area is 159 Å².